The Balaban J connectivity index is 2.34. The molecule has 1 atom stereocenters. The second-order valence-corrected chi connectivity index (χ2v) is 9.05. The molecule has 160 valence electrons. The first-order valence-corrected chi connectivity index (χ1v) is 11.3. The predicted octanol–water partition coefficient (Wildman–Crippen LogP) is 1.96. The number of imidazole rings is 1. The lowest BCUT2D eigenvalue weighted by atomic mass is 10.2. The molecule has 1 unspecified atom stereocenters. The van der Waals surface area contributed by atoms with E-state index in [1.54, 1.807) is 20.9 Å². The molecule has 3 N–H and O–H groups in total. The van der Waals surface area contributed by atoms with E-state index in [2.05, 4.69) is 9.97 Å². The molecule has 2 aromatic heterocycles. The Morgan fingerprint density at radius 1 is 1.23 bits per heavy atom. The summed E-state index contributed by atoms with van der Waals surface area (Å²) in [5.41, 5.74) is 6.43. The minimum Gasteiger partial charge on any atom is -0.382 e. The number of benzene rings is 1. The molecular formula is C19H25N7O3S. The fourth-order valence-corrected chi connectivity index (χ4v) is 4.30. The van der Waals surface area contributed by atoms with Crippen molar-refractivity contribution in [1.82, 2.24) is 24.0 Å². The van der Waals surface area contributed by atoms with Crippen LogP contribution < -0.4 is 11.4 Å². The van der Waals surface area contributed by atoms with Gasteiger partial charge in [0.05, 0.1) is 6.54 Å². The van der Waals surface area contributed by atoms with Crippen molar-refractivity contribution in [1.29, 1.82) is 4.78 Å². The zero-order valence-corrected chi connectivity index (χ0v) is 18.0. The van der Waals surface area contributed by atoms with Gasteiger partial charge >= 0.3 is 11.7 Å². The van der Waals surface area contributed by atoms with Crippen molar-refractivity contribution < 1.29 is 9.00 Å². The number of anilines is 1. The summed E-state index contributed by atoms with van der Waals surface area (Å²) in [5, 5.41) is -0.232. The van der Waals surface area contributed by atoms with E-state index < -0.39 is 21.4 Å². The third kappa shape index (κ3) is 3.80. The molecular weight excluding hydrogens is 406 g/mol. The Bertz CT molecular complexity index is 1250. The summed E-state index contributed by atoms with van der Waals surface area (Å²) >= 11 is 0. The van der Waals surface area contributed by atoms with Gasteiger partial charge in [0, 0.05) is 19.3 Å². The summed E-state index contributed by atoms with van der Waals surface area (Å²) in [6.07, 6.45) is 0.501. The van der Waals surface area contributed by atoms with E-state index in [9.17, 15) is 13.8 Å². The van der Waals surface area contributed by atoms with Crippen LogP contribution in [0.3, 0.4) is 0 Å². The van der Waals surface area contributed by atoms with Gasteiger partial charge in [0.2, 0.25) is 5.16 Å². The first-order chi connectivity index (χ1) is 14.2. The maximum atomic E-state index is 13.2. The van der Waals surface area contributed by atoms with Gasteiger partial charge in [-0.05, 0) is 18.9 Å². The van der Waals surface area contributed by atoms with E-state index in [-0.39, 0.29) is 34.4 Å². The van der Waals surface area contributed by atoms with Gasteiger partial charge in [-0.3, -0.25) is 4.57 Å². The minimum atomic E-state index is -3.28. The van der Waals surface area contributed by atoms with Gasteiger partial charge in [-0.25, -0.2) is 28.1 Å². The number of carbonyl (C=O) groups is 1. The number of hydrogen-bond acceptors (Lipinski definition) is 7. The number of nitrogens with zero attached hydrogens (tertiary/aromatic N) is 5. The number of amides is 1. The highest BCUT2D eigenvalue weighted by Crippen LogP contribution is 2.21. The normalized spacial score (nSPS) is 13.3. The summed E-state index contributed by atoms with van der Waals surface area (Å²) in [6.45, 7) is 4.10. The average Bonchev–Trinajstić information content (AvgIpc) is 3.00. The van der Waals surface area contributed by atoms with E-state index in [0.717, 1.165) is 10.1 Å². The summed E-state index contributed by atoms with van der Waals surface area (Å²) < 4.78 is 23.1. The lowest BCUT2D eigenvalue weighted by Crippen LogP contribution is -2.38. The topological polar surface area (TPSA) is 140 Å². The number of nitrogens with two attached hydrogens (primary N) is 1. The number of aromatic nitrogens is 4. The molecule has 0 aliphatic rings. The Morgan fingerprint density at radius 2 is 1.90 bits per heavy atom. The standard InChI is InChI=1S/C19H25N7O3S/c1-4-11-30(21,29)17-22-15(20)14-16(23-17)25(12-13-9-7-6-8-10-13)19(28)26(14)18(27)24(3)5-2/h6-10,21H,4-5,11-12H2,1-3H3,(H2,20,22,23). The van der Waals surface area contributed by atoms with Gasteiger partial charge in [0.15, 0.2) is 11.5 Å². The molecule has 0 fully saturated rings. The van der Waals surface area contributed by atoms with Crippen LogP contribution in [0.15, 0.2) is 40.3 Å². The molecule has 0 aliphatic carbocycles. The quantitative estimate of drug-likeness (QED) is 0.572. The van der Waals surface area contributed by atoms with Crippen molar-refractivity contribution in [3.05, 3.63) is 46.4 Å². The molecule has 3 aromatic rings. The van der Waals surface area contributed by atoms with Crippen LogP contribution in [0.1, 0.15) is 25.8 Å². The van der Waals surface area contributed by atoms with Gasteiger partial charge in [-0.2, -0.15) is 4.98 Å². The van der Waals surface area contributed by atoms with Crippen molar-refractivity contribution in [3.8, 4) is 0 Å². The minimum absolute atomic E-state index is 0.0525. The molecule has 11 heteroatoms. The van der Waals surface area contributed by atoms with E-state index in [1.165, 1.54) is 9.47 Å². The van der Waals surface area contributed by atoms with E-state index in [0.29, 0.717) is 13.0 Å². The molecule has 0 bridgehead atoms. The average molecular weight is 432 g/mol. The molecule has 2 heterocycles. The molecule has 30 heavy (non-hydrogen) atoms. The van der Waals surface area contributed by atoms with E-state index in [4.69, 9.17) is 10.5 Å². The number of nitrogen functional groups attached to an aromatic ring is 1. The van der Waals surface area contributed by atoms with E-state index >= 15 is 0 Å². The fourth-order valence-electron chi connectivity index (χ4n) is 3.07. The molecule has 0 saturated heterocycles. The van der Waals surface area contributed by atoms with Gasteiger partial charge in [-0.1, -0.05) is 37.3 Å². The summed E-state index contributed by atoms with van der Waals surface area (Å²) in [7, 11) is -1.71. The lowest BCUT2D eigenvalue weighted by Gasteiger charge is -2.14. The molecule has 0 aliphatic heterocycles. The van der Waals surface area contributed by atoms with Crippen LogP contribution in [0.25, 0.3) is 11.2 Å². The van der Waals surface area contributed by atoms with Crippen LogP contribution in [0.4, 0.5) is 10.6 Å². The Hall–Kier alpha value is -3.21. The largest absolute Gasteiger partial charge is 0.382 e. The summed E-state index contributed by atoms with van der Waals surface area (Å²) in [4.78, 5) is 35.8. The van der Waals surface area contributed by atoms with Crippen LogP contribution in [0, 0.1) is 4.78 Å². The smallest absolute Gasteiger partial charge is 0.339 e. The number of hydrogen-bond donors (Lipinski definition) is 2. The summed E-state index contributed by atoms with van der Waals surface area (Å²) in [6, 6.07) is 8.64. The highest BCUT2D eigenvalue weighted by atomic mass is 32.2. The molecule has 1 amide bonds. The predicted molar refractivity (Wildman–Crippen MR) is 115 cm³/mol. The lowest BCUT2D eigenvalue weighted by molar-refractivity contribution is 0.212. The fraction of sp³-hybridized carbons (Fsp3) is 0.368. The molecule has 1 aromatic carbocycles. The monoisotopic (exact) mass is 431 g/mol. The molecule has 0 spiro atoms. The Morgan fingerprint density at radius 3 is 2.50 bits per heavy atom. The van der Waals surface area contributed by atoms with Gasteiger partial charge in [0.25, 0.3) is 0 Å². The molecule has 3 rings (SSSR count). The maximum absolute atomic E-state index is 13.2. The van der Waals surface area contributed by atoms with Crippen molar-refractivity contribution in [3.63, 3.8) is 0 Å². The van der Waals surface area contributed by atoms with Crippen molar-refractivity contribution in [2.75, 3.05) is 25.1 Å². The van der Waals surface area contributed by atoms with Crippen LogP contribution >= 0.6 is 0 Å². The van der Waals surface area contributed by atoms with Crippen LogP contribution in [-0.4, -0.2) is 53.6 Å². The maximum Gasteiger partial charge on any atom is 0.339 e. The van der Waals surface area contributed by atoms with E-state index in [1.807, 2.05) is 30.3 Å². The second kappa shape index (κ2) is 8.27. The van der Waals surface area contributed by atoms with Crippen molar-refractivity contribution in [2.24, 2.45) is 0 Å². The Kier molecular flexibility index (Phi) is 5.92. The number of carbonyl (C=O) groups excluding carboxylic acids is 1. The summed E-state index contributed by atoms with van der Waals surface area (Å²) in [5.74, 6) is -0.0909. The first kappa shape index (κ1) is 21.5. The van der Waals surface area contributed by atoms with Crippen molar-refractivity contribution >= 4 is 32.7 Å². The van der Waals surface area contributed by atoms with Gasteiger partial charge in [-0.15, -0.1) is 0 Å². The number of nitrogens with one attached hydrogen (secondary N) is 1. The Labute approximate surface area is 174 Å². The molecule has 0 radical (unpaired) electrons. The molecule has 0 saturated carbocycles. The number of rotatable bonds is 6. The highest BCUT2D eigenvalue weighted by molar-refractivity contribution is 7.92. The second-order valence-electron chi connectivity index (χ2n) is 6.93. The third-order valence-corrected chi connectivity index (χ3v) is 6.49. The molecule has 10 nitrogen and oxygen atoms in total. The van der Waals surface area contributed by atoms with Crippen LogP contribution in [-0.2, 0) is 16.3 Å². The SMILES string of the molecule is CCCS(=N)(=O)c1nc(N)c2c(n1)n(Cc1ccccc1)c(=O)n2C(=O)N(C)CC. The van der Waals surface area contributed by atoms with Crippen LogP contribution in [0.5, 0.6) is 0 Å². The van der Waals surface area contributed by atoms with Crippen molar-refractivity contribution in [2.45, 2.75) is 32.0 Å². The van der Waals surface area contributed by atoms with Gasteiger partial charge in [0.1, 0.15) is 15.2 Å². The van der Waals surface area contributed by atoms with Crippen LogP contribution in [0.2, 0.25) is 0 Å². The highest BCUT2D eigenvalue weighted by Gasteiger charge is 2.26. The zero-order valence-electron chi connectivity index (χ0n) is 17.2. The van der Waals surface area contributed by atoms with Gasteiger partial charge < -0.3 is 10.6 Å². The third-order valence-electron chi connectivity index (χ3n) is 4.74. The zero-order chi connectivity index (χ0) is 22.1. The first-order valence-electron chi connectivity index (χ1n) is 9.55. The number of fused-ring (bicyclic) bond motifs is 1.